The molecule has 0 fully saturated rings. The highest BCUT2D eigenvalue weighted by atomic mass is 32.1. The normalized spacial score (nSPS) is 15.1. The van der Waals surface area contributed by atoms with E-state index in [0.29, 0.717) is 5.82 Å². The van der Waals surface area contributed by atoms with Crippen molar-refractivity contribution in [2.24, 2.45) is 0 Å². The van der Waals surface area contributed by atoms with Gasteiger partial charge in [-0.15, -0.1) is 11.3 Å². The van der Waals surface area contributed by atoms with Crippen LogP contribution in [0.25, 0.3) is 21.6 Å². The van der Waals surface area contributed by atoms with E-state index in [0.717, 1.165) is 41.8 Å². The average molecular weight is 311 g/mol. The van der Waals surface area contributed by atoms with Crippen LogP contribution in [0, 0.1) is 0 Å². The molecule has 112 valence electrons. The van der Waals surface area contributed by atoms with E-state index >= 15 is 0 Å². The molecule has 3 aromatic rings. The Morgan fingerprint density at radius 1 is 1.32 bits per heavy atom. The highest BCUT2D eigenvalue weighted by molar-refractivity contribution is 7.18. The third-order valence-electron chi connectivity index (χ3n) is 4.28. The van der Waals surface area contributed by atoms with Crippen molar-refractivity contribution in [2.45, 2.75) is 19.9 Å². The standard InChI is InChI=1S/C17H17N3OS/c1-2-20-9-8-12-13(10-20)22-17-14(12)16(21)18-15(19-17)11-6-4-3-5-7-11/h3-7H,2,8-10H2,1H3,(H,18,19,21). The van der Waals surface area contributed by atoms with Crippen LogP contribution in [0.4, 0.5) is 0 Å². The van der Waals surface area contributed by atoms with Crippen LogP contribution in [0.15, 0.2) is 35.1 Å². The number of aromatic amines is 1. The van der Waals surface area contributed by atoms with Crippen molar-refractivity contribution < 1.29 is 0 Å². The lowest BCUT2D eigenvalue weighted by atomic mass is 10.1. The fourth-order valence-corrected chi connectivity index (χ4v) is 4.32. The zero-order chi connectivity index (χ0) is 15.1. The number of hydrogen-bond donors (Lipinski definition) is 1. The number of nitrogens with one attached hydrogen (secondary N) is 1. The van der Waals surface area contributed by atoms with Crippen molar-refractivity contribution in [3.63, 3.8) is 0 Å². The third kappa shape index (κ3) is 2.17. The summed E-state index contributed by atoms with van der Waals surface area (Å²) in [7, 11) is 0. The topological polar surface area (TPSA) is 49.0 Å². The molecular weight excluding hydrogens is 294 g/mol. The predicted octanol–water partition coefficient (Wildman–Crippen LogP) is 3.03. The second-order valence-electron chi connectivity index (χ2n) is 5.58. The molecule has 0 saturated heterocycles. The van der Waals surface area contributed by atoms with Crippen molar-refractivity contribution >= 4 is 21.6 Å². The number of nitrogens with zero attached hydrogens (tertiary/aromatic N) is 2. The van der Waals surface area contributed by atoms with E-state index < -0.39 is 0 Å². The zero-order valence-corrected chi connectivity index (χ0v) is 13.2. The number of rotatable bonds is 2. The van der Waals surface area contributed by atoms with E-state index in [9.17, 15) is 4.79 Å². The number of aromatic nitrogens is 2. The number of thiophene rings is 1. The van der Waals surface area contributed by atoms with Gasteiger partial charge in [0.15, 0.2) is 0 Å². The molecule has 0 amide bonds. The lowest BCUT2D eigenvalue weighted by Crippen LogP contribution is -2.29. The number of H-pyrrole nitrogens is 1. The van der Waals surface area contributed by atoms with Gasteiger partial charge >= 0.3 is 0 Å². The Bertz CT molecular complexity index is 882. The molecule has 22 heavy (non-hydrogen) atoms. The van der Waals surface area contributed by atoms with Gasteiger partial charge in [-0.1, -0.05) is 37.3 Å². The van der Waals surface area contributed by atoms with Gasteiger partial charge < -0.3 is 4.98 Å². The van der Waals surface area contributed by atoms with Gasteiger partial charge in [0.05, 0.1) is 5.39 Å². The van der Waals surface area contributed by atoms with Gasteiger partial charge in [0.1, 0.15) is 10.7 Å². The SMILES string of the molecule is CCN1CCc2c(sc3nc(-c4ccccc4)[nH]c(=O)c23)C1. The maximum Gasteiger partial charge on any atom is 0.260 e. The molecule has 0 unspecified atom stereocenters. The second-order valence-corrected chi connectivity index (χ2v) is 6.67. The lowest BCUT2D eigenvalue weighted by molar-refractivity contribution is 0.272. The Morgan fingerprint density at radius 3 is 2.91 bits per heavy atom. The molecule has 0 saturated carbocycles. The first-order chi connectivity index (χ1) is 10.8. The molecule has 5 heteroatoms. The first kappa shape index (κ1) is 13.7. The van der Waals surface area contributed by atoms with Crippen molar-refractivity contribution in [1.82, 2.24) is 14.9 Å². The summed E-state index contributed by atoms with van der Waals surface area (Å²) >= 11 is 1.67. The van der Waals surface area contributed by atoms with E-state index in [1.54, 1.807) is 11.3 Å². The van der Waals surface area contributed by atoms with Crippen molar-refractivity contribution in [1.29, 1.82) is 0 Å². The Kier molecular flexibility index (Phi) is 3.32. The van der Waals surface area contributed by atoms with E-state index in [2.05, 4.69) is 16.8 Å². The largest absolute Gasteiger partial charge is 0.306 e. The summed E-state index contributed by atoms with van der Waals surface area (Å²) in [4.78, 5) is 24.8. The van der Waals surface area contributed by atoms with Gasteiger partial charge in [-0.25, -0.2) is 4.98 Å². The van der Waals surface area contributed by atoms with Crippen LogP contribution in [-0.4, -0.2) is 28.0 Å². The summed E-state index contributed by atoms with van der Waals surface area (Å²) < 4.78 is 0. The predicted molar refractivity (Wildman–Crippen MR) is 90.3 cm³/mol. The summed E-state index contributed by atoms with van der Waals surface area (Å²) in [5.74, 6) is 0.657. The summed E-state index contributed by atoms with van der Waals surface area (Å²) in [5.41, 5.74) is 2.15. The van der Waals surface area contributed by atoms with E-state index in [-0.39, 0.29) is 5.56 Å². The first-order valence-corrected chi connectivity index (χ1v) is 8.40. The van der Waals surface area contributed by atoms with E-state index in [4.69, 9.17) is 4.98 Å². The monoisotopic (exact) mass is 311 g/mol. The molecule has 2 aromatic heterocycles. The quantitative estimate of drug-likeness (QED) is 0.791. The van der Waals surface area contributed by atoms with Gasteiger partial charge in [0, 0.05) is 23.5 Å². The van der Waals surface area contributed by atoms with Crippen LogP contribution < -0.4 is 5.56 Å². The molecule has 0 aliphatic carbocycles. The Balaban J connectivity index is 1.88. The molecule has 1 aromatic carbocycles. The molecule has 1 aliphatic heterocycles. The van der Waals surface area contributed by atoms with Gasteiger partial charge in [0.25, 0.3) is 5.56 Å². The second kappa shape index (κ2) is 5.34. The van der Waals surface area contributed by atoms with Crippen molar-refractivity contribution in [2.75, 3.05) is 13.1 Å². The summed E-state index contributed by atoms with van der Waals surface area (Å²) in [6.45, 7) is 5.19. The van der Waals surface area contributed by atoms with Gasteiger partial charge in [0.2, 0.25) is 0 Å². The molecule has 0 spiro atoms. The molecule has 4 rings (SSSR count). The summed E-state index contributed by atoms with van der Waals surface area (Å²) in [5, 5.41) is 0.801. The van der Waals surface area contributed by atoms with Crippen molar-refractivity contribution in [3.8, 4) is 11.4 Å². The van der Waals surface area contributed by atoms with Crippen LogP contribution >= 0.6 is 11.3 Å². The Labute approximate surface area is 132 Å². The lowest BCUT2D eigenvalue weighted by Gasteiger charge is -2.24. The number of hydrogen-bond acceptors (Lipinski definition) is 4. The molecule has 1 N–H and O–H groups in total. The van der Waals surface area contributed by atoms with Crippen LogP contribution in [0.5, 0.6) is 0 Å². The van der Waals surface area contributed by atoms with Crippen molar-refractivity contribution in [3.05, 3.63) is 51.1 Å². The molecule has 3 heterocycles. The first-order valence-electron chi connectivity index (χ1n) is 7.58. The molecule has 4 nitrogen and oxygen atoms in total. The van der Waals surface area contributed by atoms with Crippen LogP contribution in [-0.2, 0) is 13.0 Å². The number of fused-ring (bicyclic) bond motifs is 3. The Hall–Kier alpha value is -1.98. The summed E-state index contributed by atoms with van der Waals surface area (Å²) in [6, 6.07) is 9.81. The van der Waals surface area contributed by atoms with Gasteiger partial charge in [-0.05, 0) is 18.5 Å². The smallest absolute Gasteiger partial charge is 0.260 e. The van der Waals surface area contributed by atoms with E-state index in [1.807, 2.05) is 30.3 Å². The van der Waals surface area contributed by atoms with Gasteiger partial charge in [-0.2, -0.15) is 0 Å². The van der Waals surface area contributed by atoms with Crippen LogP contribution in [0.2, 0.25) is 0 Å². The highest BCUT2D eigenvalue weighted by Gasteiger charge is 2.23. The minimum Gasteiger partial charge on any atom is -0.306 e. The Morgan fingerprint density at radius 2 is 2.14 bits per heavy atom. The molecule has 1 aliphatic rings. The average Bonchev–Trinajstić information content (AvgIpc) is 2.93. The fraction of sp³-hybridized carbons (Fsp3) is 0.294. The molecule has 0 bridgehead atoms. The maximum absolute atomic E-state index is 12.6. The van der Waals surface area contributed by atoms with Crippen LogP contribution in [0.3, 0.4) is 0 Å². The molecule has 0 radical (unpaired) electrons. The van der Waals surface area contributed by atoms with E-state index in [1.165, 1.54) is 10.4 Å². The number of benzene rings is 1. The number of likely N-dealkylation sites (N-methyl/N-ethyl adjacent to an activating group) is 1. The zero-order valence-electron chi connectivity index (χ0n) is 12.4. The fourth-order valence-electron chi connectivity index (χ4n) is 3.06. The minimum absolute atomic E-state index is 0.00805. The molecule has 0 atom stereocenters. The van der Waals surface area contributed by atoms with Crippen LogP contribution in [0.1, 0.15) is 17.4 Å². The summed E-state index contributed by atoms with van der Waals surface area (Å²) in [6.07, 6.45) is 0.943. The van der Waals surface area contributed by atoms with Gasteiger partial charge in [-0.3, -0.25) is 9.69 Å². The minimum atomic E-state index is -0.00805. The highest BCUT2D eigenvalue weighted by Crippen LogP contribution is 2.32. The molecular formula is C17H17N3OS. The maximum atomic E-state index is 12.6. The third-order valence-corrected chi connectivity index (χ3v) is 5.39.